The zero-order valence-electron chi connectivity index (χ0n) is 17.5. The average molecular weight is 382 g/mol. The molecule has 27 heavy (non-hydrogen) atoms. The van der Waals surface area contributed by atoms with Crippen molar-refractivity contribution in [2.45, 2.75) is 90.0 Å². The van der Waals surface area contributed by atoms with Crippen LogP contribution < -0.4 is 11.1 Å². The predicted molar refractivity (Wildman–Crippen MR) is 110 cm³/mol. The van der Waals surface area contributed by atoms with Crippen molar-refractivity contribution in [2.24, 2.45) is 16.6 Å². The number of nitrogens with zero attached hydrogens (tertiary/aromatic N) is 1. The number of methoxy groups -OCH3 is 1. The third kappa shape index (κ3) is 7.60. The fraction of sp³-hybridized carbons (Fsp3) is 0.857. The second-order valence-electron chi connectivity index (χ2n) is 7.63. The lowest BCUT2D eigenvalue weighted by Gasteiger charge is -2.25. The zero-order chi connectivity index (χ0) is 20.1. The Bertz CT molecular complexity index is 483. The third-order valence-corrected chi connectivity index (χ3v) is 5.39. The minimum Gasteiger partial charge on any atom is -0.387 e. The second-order valence-corrected chi connectivity index (χ2v) is 7.63. The molecule has 3 N–H and O–H groups in total. The second kappa shape index (κ2) is 12.9. The summed E-state index contributed by atoms with van der Waals surface area (Å²) in [5, 5.41) is 2.82. The van der Waals surface area contributed by atoms with Crippen LogP contribution in [0.3, 0.4) is 0 Å². The van der Waals surface area contributed by atoms with Gasteiger partial charge in [-0.1, -0.05) is 52.4 Å². The van der Waals surface area contributed by atoms with Gasteiger partial charge in [-0.15, -0.1) is 0 Å². The van der Waals surface area contributed by atoms with E-state index in [0.717, 1.165) is 64.2 Å². The number of hydrogen-bond donors (Lipinski definition) is 2. The molecule has 1 unspecified atom stereocenters. The average Bonchev–Trinajstić information content (AvgIpc) is 2.89. The number of carbonyl (C=O) groups is 2. The lowest BCUT2D eigenvalue weighted by molar-refractivity contribution is -0.126. The monoisotopic (exact) mass is 381 g/mol. The van der Waals surface area contributed by atoms with Crippen LogP contribution in [0.1, 0.15) is 84.5 Å². The van der Waals surface area contributed by atoms with Crippen LogP contribution in [-0.4, -0.2) is 43.3 Å². The molecule has 0 fully saturated rings. The molecule has 1 heterocycles. The predicted octanol–water partition coefficient (Wildman–Crippen LogP) is 3.37. The largest absolute Gasteiger partial charge is 0.387 e. The summed E-state index contributed by atoms with van der Waals surface area (Å²) in [7, 11) is 1.62. The number of nitrogens with two attached hydrogens (primary N) is 1. The summed E-state index contributed by atoms with van der Waals surface area (Å²) < 4.78 is 4.91. The van der Waals surface area contributed by atoms with Crippen molar-refractivity contribution in [3.63, 3.8) is 0 Å². The minimum absolute atomic E-state index is 0.0585. The summed E-state index contributed by atoms with van der Waals surface area (Å²) >= 11 is 0. The van der Waals surface area contributed by atoms with E-state index in [2.05, 4.69) is 19.2 Å². The fourth-order valence-corrected chi connectivity index (χ4v) is 3.73. The molecule has 0 aromatic carbocycles. The number of hydrogen-bond acceptors (Lipinski definition) is 5. The molecule has 1 aliphatic heterocycles. The summed E-state index contributed by atoms with van der Waals surface area (Å²) in [5.41, 5.74) is 5.61. The first-order chi connectivity index (χ1) is 13.0. The van der Waals surface area contributed by atoms with Crippen LogP contribution in [-0.2, 0) is 14.3 Å². The van der Waals surface area contributed by atoms with E-state index < -0.39 is 5.54 Å². The molecule has 0 radical (unpaired) electrons. The number of Topliss-reactive ketones (excluding diaryl/α,β-unsaturated/α-hetero) is 1. The number of amides is 1. The first-order valence-electron chi connectivity index (χ1n) is 10.7. The standard InChI is InChI=1S/C21H39N3O3/c1-4-6-13-21(14-7-5-2)19(26)17(20(22)24-21)11-9-8-10-12-18(25)23-15-16-27-3/h17H,4-16H2,1-3H3,(H2,22,24)(H,23,25). The normalized spacial score (nSPS) is 18.6. The molecule has 0 saturated carbocycles. The van der Waals surface area contributed by atoms with E-state index in [1.54, 1.807) is 7.11 Å². The Morgan fingerprint density at radius 1 is 1.15 bits per heavy atom. The topological polar surface area (TPSA) is 93.8 Å². The SMILES string of the molecule is CCCCC1(CCCC)N=C(N)C(CCCCCC(=O)NCCOC)C1=O. The van der Waals surface area contributed by atoms with Crippen molar-refractivity contribution >= 4 is 17.5 Å². The van der Waals surface area contributed by atoms with Gasteiger partial charge in [0.2, 0.25) is 5.91 Å². The van der Waals surface area contributed by atoms with Gasteiger partial charge in [0, 0.05) is 20.1 Å². The molecule has 1 atom stereocenters. The molecular weight excluding hydrogens is 342 g/mol. The van der Waals surface area contributed by atoms with E-state index in [0.29, 0.717) is 25.4 Å². The number of nitrogens with one attached hydrogen (secondary N) is 1. The molecule has 0 saturated heterocycles. The molecule has 6 heteroatoms. The van der Waals surface area contributed by atoms with Gasteiger partial charge in [-0.05, 0) is 25.7 Å². The number of amidine groups is 1. The molecule has 6 nitrogen and oxygen atoms in total. The summed E-state index contributed by atoms with van der Waals surface area (Å²) in [6.45, 7) is 5.37. The highest BCUT2D eigenvalue weighted by Gasteiger charge is 2.47. The third-order valence-electron chi connectivity index (χ3n) is 5.39. The molecule has 1 aliphatic rings. The van der Waals surface area contributed by atoms with Crippen LogP contribution in [0.5, 0.6) is 0 Å². The quantitative estimate of drug-likeness (QED) is 0.425. The minimum atomic E-state index is -0.567. The number of ether oxygens (including phenoxy) is 1. The van der Waals surface area contributed by atoms with Crippen molar-refractivity contribution in [3.8, 4) is 0 Å². The van der Waals surface area contributed by atoms with Gasteiger partial charge >= 0.3 is 0 Å². The summed E-state index contributed by atoms with van der Waals surface area (Å²) in [4.78, 5) is 29.5. The summed E-state index contributed by atoms with van der Waals surface area (Å²) in [6, 6.07) is 0. The first kappa shape index (κ1) is 23.6. The molecule has 0 aromatic heterocycles. The first-order valence-corrected chi connectivity index (χ1v) is 10.7. The van der Waals surface area contributed by atoms with E-state index in [-0.39, 0.29) is 17.6 Å². The smallest absolute Gasteiger partial charge is 0.220 e. The molecule has 0 bridgehead atoms. The maximum Gasteiger partial charge on any atom is 0.220 e. The Balaban J connectivity index is 2.41. The van der Waals surface area contributed by atoms with Crippen LogP contribution in [0, 0.1) is 5.92 Å². The summed E-state index contributed by atoms with van der Waals surface area (Å²) in [5.74, 6) is 0.598. The van der Waals surface area contributed by atoms with Gasteiger partial charge in [-0.3, -0.25) is 14.6 Å². The summed E-state index contributed by atoms with van der Waals surface area (Å²) in [6.07, 6.45) is 9.70. The Hall–Kier alpha value is -1.43. The van der Waals surface area contributed by atoms with Gasteiger partial charge in [0.05, 0.1) is 12.5 Å². The molecule has 0 aromatic rings. The van der Waals surface area contributed by atoms with Crippen molar-refractivity contribution < 1.29 is 14.3 Å². The molecule has 0 aliphatic carbocycles. The van der Waals surface area contributed by atoms with Gasteiger partial charge in [0.15, 0.2) is 5.78 Å². The fourth-order valence-electron chi connectivity index (χ4n) is 3.73. The molecule has 1 amide bonds. The Morgan fingerprint density at radius 3 is 2.41 bits per heavy atom. The maximum absolute atomic E-state index is 13.1. The molecular formula is C21H39N3O3. The number of rotatable bonds is 15. The van der Waals surface area contributed by atoms with E-state index in [1.807, 2.05) is 0 Å². The van der Waals surface area contributed by atoms with Gasteiger partial charge < -0.3 is 15.8 Å². The molecule has 156 valence electrons. The lowest BCUT2D eigenvalue weighted by atomic mass is 9.80. The Labute approximate surface area is 164 Å². The van der Waals surface area contributed by atoms with Crippen molar-refractivity contribution in [1.82, 2.24) is 5.32 Å². The highest BCUT2D eigenvalue weighted by atomic mass is 16.5. The highest BCUT2D eigenvalue weighted by molar-refractivity contribution is 6.12. The van der Waals surface area contributed by atoms with Gasteiger partial charge in [-0.25, -0.2) is 0 Å². The van der Waals surface area contributed by atoms with E-state index >= 15 is 0 Å². The van der Waals surface area contributed by atoms with Crippen molar-refractivity contribution in [1.29, 1.82) is 0 Å². The number of unbranched alkanes of at least 4 members (excludes halogenated alkanes) is 4. The van der Waals surface area contributed by atoms with Gasteiger partial charge in [0.1, 0.15) is 11.4 Å². The van der Waals surface area contributed by atoms with Crippen LogP contribution in [0.15, 0.2) is 4.99 Å². The van der Waals surface area contributed by atoms with E-state index in [1.165, 1.54) is 0 Å². The molecule has 0 spiro atoms. The van der Waals surface area contributed by atoms with E-state index in [4.69, 9.17) is 15.5 Å². The number of aliphatic imine (C=N–C) groups is 1. The van der Waals surface area contributed by atoms with Crippen molar-refractivity contribution in [3.05, 3.63) is 0 Å². The van der Waals surface area contributed by atoms with E-state index in [9.17, 15) is 9.59 Å². The van der Waals surface area contributed by atoms with Crippen LogP contribution >= 0.6 is 0 Å². The van der Waals surface area contributed by atoms with Crippen LogP contribution in [0.2, 0.25) is 0 Å². The van der Waals surface area contributed by atoms with Crippen LogP contribution in [0.25, 0.3) is 0 Å². The highest BCUT2D eigenvalue weighted by Crippen LogP contribution is 2.36. The van der Waals surface area contributed by atoms with Gasteiger partial charge in [0.25, 0.3) is 0 Å². The number of carbonyl (C=O) groups excluding carboxylic acids is 2. The van der Waals surface area contributed by atoms with Crippen LogP contribution in [0.4, 0.5) is 0 Å². The lowest BCUT2D eigenvalue weighted by Crippen LogP contribution is -2.37. The zero-order valence-corrected chi connectivity index (χ0v) is 17.5. The van der Waals surface area contributed by atoms with Crippen molar-refractivity contribution in [2.75, 3.05) is 20.3 Å². The molecule has 1 rings (SSSR count). The maximum atomic E-state index is 13.1. The Kier molecular flexibility index (Phi) is 11.3. The number of ketones is 1. The Morgan fingerprint density at radius 2 is 1.81 bits per heavy atom. The van der Waals surface area contributed by atoms with Gasteiger partial charge in [-0.2, -0.15) is 0 Å².